The molecule has 0 saturated heterocycles. The molecule has 2 aromatic rings. The first kappa shape index (κ1) is 13.0. The van der Waals surface area contributed by atoms with Crippen molar-refractivity contribution in [3.8, 4) is 0 Å². The Morgan fingerprint density at radius 3 is 3.00 bits per heavy atom. The highest BCUT2D eigenvalue weighted by molar-refractivity contribution is 7.99. The molecule has 1 unspecified atom stereocenters. The molecule has 0 aliphatic carbocycles. The molecule has 0 aliphatic rings. The van der Waals surface area contributed by atoms with Gasteiger partial charge in [-0.25, -0.2) is 4.98 Å². The van der Waals surface area contributed by atoms with E-state index in [2.05, 4.69) is 22.2 Å². The molecule has 4 nitrogen and oxygen atoms in total. The predicted molar refractivity (Wildman–Crippen MR) is 74.7 cm³/mol. The van der Waals surface area contributed by atoms with E-state index in [9.17, 15) is 4.79 Å². The number of aromatic amines is 1. The SMILES string of the molecule is CCC(C)NC(=O)CSc1nc2ccccc2[nH]1. The molecule has 1 heterocycles. The number of rotatable bonds is 5. The van der Waals surface area contributed by atoms with Gasteiger partial charge in [-0.2, -0.15) is 0 Å². The van der Waals surface area contributed by atoms with Crippen LogP contribution in [0.5, 0.6) is 0 Å². The summed E-state index contributed by atoms with van der Waals surface area (Å²) < 4.78 is 0. The Morgan fingerprint density at radius 1 is 1.50 bits per heavy atom. The summed E-state index contributed by atoms with van der Waals surface area (Å²) in [7, 11) is 0. The summed E-state index contributed by atoms with van der Waals surface area (Å²) in [6.07, 6.45) is 0.945. The number of hydrogen-bond donors (Lipinski definition) is 2. The lowest BCUT2D eigenvalue weighted by atomic mass is 10.3. The third-order valence-corrected chi connectivity index (χ3v) is 3.60. The van der Waals surface area contributed by atoms with E-state index in [-0.39, 0.29) is 11.9 Å². The van der Waals surface area contributed by atoms with E-state index in [1.54, 1.807) is 0 Å². The molecule has 1 aromatic carbocycles. The van der Waals surface area contributed by atoms with Crippen molar-refractivity contribution >= 4 is 28.7 Å². The second-order valence-electron chi connectivity index (χ2n) is 4.22. The summed E-state index contributed by atoms with van der Waals surface area (Å²) in [4.78, 5) is 19.2. The Kier molecular flexibility index (Phi) is 4.25. The number of nitrogens with zero attached hydrogens (tertiary/aromatic N) is 1. The lowest BCUT2D eigenvalue weighted by Crippen LogP contribution is -2.33. The van der Waals surface area contributed by atoms with Gasteiger partial charge in [-0.15, -0.1) is 0 Å². The van der Waals surface area contributed by atoms with Gasteiger partial charge in [0, 0.05) is 6.04 Å². The highest BCUT2D eigenvalue weighted by Gasteiger charge is 2.08. The molecular weight excluding hydrogens is 246 g/mol. The number of carbonyl (C=O) groups is 1. The van der Waals surface area contributed by atoms with Crippen LogP contribution in [0.2, 0.25) is 0 Å². The second kappa shape index (κ2) is 5.91. The largest absolute Gasteiger partial charge is 0.353 e. The number of nitrogens with one attached hydrogen (secondary N) is 2. The van der Waals surface area contributed by atoms with E-state index in [0.29, 0.717) is 5.75 Å². The van der Waals surface area contributed by atoms with Gasteiger partial charge in [0.05, 0.1) is 16.8 Å². The topological polar surface area (TPSA) is 57.8 Å². The number of carbonyl (C=O) groups excluding carboxylic acids is 1. The highest BCUT2D eigenvalue weighted by Crippen LogP contribution is 2.18. The fraction of sp³-hybridized carbons (Fsp3) is 0.385. The maximum absolute atomic E-state index is 11.6. The monoisotopic (exact) mass is 263 g/mol. The van der Waals surface area contributed by atoms with E-state index < -0.39 is 0 Å². The quantitative estimate of drug-likeness (QED) is 0.815. The Morgan fingerprint density at radius 2 is 2.28 bits per heavy atom. The standard InChI is InChI=1S/C13H17N3OS/c1-3-9(2)14-12(17)8-18-13-15-10-6-4-5-7-11(10)16-13/h4-7,9H,3,8H2,1-2H3,(H,14,17)(H,15,16). The van der Waals surface area contributed by atoms with Crippen LogP contribution >= 0.6 is 11.8 Å². The van der Waals surface area contributed by atoms with Gasteiger partial charge in [-0.05, 0) is 25.5 Å². The Hall–Kier alpha value is -1.49. The van der Waals surface area contributed by atoms with Crippen molar-refractivity contribution in [1.29, 1.82) is 0 Å². The normalized spacial score (nSPS) is 12.6. The number of thioether (sulfide) groups is 1. The summed E-state index contributed by atoms with van der Waals surface area (Å²) in [6, 6.07) is 8.08. The molecular formula is C13H17N3OS. The van der Waals surface area contributed by atoms with Crippen molar-refractivity contribution in [2.75, 3.05) is 5.75 Å². The fourth-order valence-electron chi connectivity index (χ4n) is 1.55. The summed E-state index contributed by atoms with van der Waals surface area (Å²) in [5, 5.41) is 3.72. The first-order valence-electron chi connectivity index (χ1n) is 6.06. The number of fused-ring (bicyclic) bond motifs is 1. The van der Waals surface area contributed by atoms with E-state index in [1.165, 1.54) is 11.8 Å². The molecule has 18 heavy (non-hydrogen) atoms. The van der Waals surface area contributed by atoms with Crippen molar-refractivity contribution in [1.82, 2.24) is 15.3 Å². The van der Waals surface area contributed by atoms with Gasteiger partial charge in [0.2, 0.25) is 5.91 Å². The Labute approximate surface area is 111 Å². The number of H-pyrrole nitrogens is 1. The van der Waals surface area contributed by atoms with Crippen LogP contribution in [0, 0.1) is 0 Å². The lowest BCUT2D eigenvalue weighted by Gasteiger charge is -2.10. The maximum atomic E-state index is 11.6. The van der Waals surface area contributed by atoms with Gasteiger partial charge in [-0.1, -0.05) is 30.8 Å². The predicted octanol–water partition coefficient (Wildman–Crippen LogP) is 2.57. The first-order chi connectivity index (χ1) is 8.69. The van der Waals surface area contributed by atoms with Gasteiger partial charge in [-0.3, -0.25) is 4.79 Å². The molecule has 5 heteroatoms. The summed E-state index contributed by atoms with van der Waals surface area (Å²) in [6.45, 7) is 4.06. The number of imidazole rings is 1. The molecule has 0 aliphatic heterocycles. The number of para-hydroxylation sites is 2. The number of aromatic nitrogens is 2. The van der Waals surface area contributed by atoms with Crippen molar-refractivity contribution in [3.63, 3.8) is 0 Å². The van der Waals surface area contributed by atoms with Gasteiger partial charge in [0.25, 0.3) is 0 Å². The lowest BCUT2D eigenvalue weighted by molar-refractivity contribution is -0.119. The van der Waals surface area contributed by atoms with Crippen LogP contribution in [0.15, 0.2) is 29.4 Å². The van der Waals surface area contributed by atoms with E-state index >= 15 is 0 Å². The van der Waals surface area contributed by atoms with Gasteiger partial charge in [0.15, 0.2) is 5.16 Å². The van der Waals surface area contributed by atoms with Crippen LogP contribution in [-0.2, 0) is 4.79 Å². The third-order valence-electron chi connectivity index (χ3n) is 2.73. The second-order valence-corrected chi connectivity index (χ2v) is 5.19. The van der Waals surface area contributed by atoms with Crippen LogP contribution in [0.25, 0.3) is 11.0 Å². The molecule has 0 fully saturated rings. The number of hydrogen-bond acceptors (Lipinski definition) is 3. The molecule has 1 atom stereocenters. The minimum Gasteiger partial charge on any atom is -0.353 e. The fourth-order valence-corrected chi connectivity index (χ4v) is 2.25. The summed E-state index contributed by atoms with van der Waals surface area (Å²) in [5.41, 5.74) is 1.93. The van der Waals surface area contributed by atoms with Gasteiger partial charge in [0.1, 0.15) is 0 Å². The summed E-state index contributed by atoms with van der Waals surface area (Å²) in [5.74, 6) is 0.444. The van der Waals surface area contributed by atoms with Gasteiger partial charge >= 0.3 is 0 Å². The molecule has 0 saturated carbocycles. The van der Waals surface area contributed by atoms with Crippen LogP contribution in [-0.4, -0.2) is 27.7 Å². The minimum absolute atomic E-state index is 0.0507. The average molecular weight is 263 g/mol. The zero-order valence-electron chi connectivity index (χ0n) is 10.6. The molecule has 0 bridgehead atoms. The highest BCUT2D eigenvalue weighted by atomic mass is 32.2. The maximum Gasteiger partial charge on any atom is 0.230 e. The minimum atomic E-state index is 0.0507. The van der Waals surface area contributed by atoms with Crippen molar-refractivity contribution in [2.45, 2.75) is 31.5 Å². The van der Waals surface area contributed by atoms with Crippen LogP contribution < -0.4 is 5.32 Å². The molecule has 2 rings (SSSR count). The molecule has 96 valence electrons. The van der Waals surface area contributed by atoms with Crippen molar-refractivity contribution < 1.29 is 4.79 Å². The Bertz CT molecular complexity index is 505. The molecule has 2 N–H and O–H groups in total. The third kappa shape index (κ3) is 3.26. The van der Waals surface area contributed by atoms with Crippen LogP contribution in [0.1, 0.15) is 20.3 Å². The first-order valence-corrected chi connectivity index (χ1v) is 7.04. The van der Waals surface area contributed by atoms with Crippen LogP contribution in [0.3, 0.4) is 0 Å². The van der Waals surface area contributed by atoms with E-state index in [1.807, 2.05) is 31.2 Å². The van der Waals surface area contributed by atoms with Crippen molar-refractivity contribution in [2.24, 2.45) is 0 Å². The number of benzene rings is 1. The number of amides is 1. The Balaban J connectivity index is 1.92. The van der Waals surface area contributed by atoms with Crippen molar-refractivity contribution in [3.05, 3.63) is 24.3 Å². The van der Waals surface area contributed by atoms with E-state index in [0.717, 1.165) is 22.6 Å². The average Bonchev–Trinajstić information content (AvgIpc) is 2.79. The van der Waals surface area contributed by atoms with Crippen LogP contribution in [0.4, 0.5) is 0 Å². The molecule has 0 radical (unpaired) electrons. The molecule has 1 amide bonds. The zero-order chi connectivity index (χ0) is 13.0. The smallest absolute Gasteiger partial charge is 0.230 e. The molecule has 0 spiro atoms. The zero-order valence-corrected chi connectivity index (χ0v) is 11.4. The van der Waals surface area contributed by atoms with E-state index in [4.69, 9.17) is 0 Å². The van der Waals surface area contributed by atoms with Gasteiger partial charge < -0.3 is 10.3 Å². The summed E-state index contributed by atoms with van der Waals surface area (Å²) >= 11 is 1.43. The molecule has 1 aromatic heterocycles.